The summed E-state index contributed by atoms with van der Waals surface area (Å²) < 4.78 is 39.4. The molecule has 0 saturated heterocycles. The molecule has 1 nitrogen and oxygen atoms in total. The van der Waals surface area contributed by atoms with Gasteiger partial charge in [-0.25, -0.2) is 0 Å². The molecule has 0 spiro atoms. The highest BCUT2D eigenvalue weighted by atomic mass is 32.1. The minimum atomic E-state index is -4.38. The maximum absolute atomic E-state index is 13.1. The first-order valence-electron chi connectivity index (χ1n) is 5.87. The van der Waals surface area contributed by atoms with Gasteiger partial charge in [0.25, 0.3) is 0 Å². The van der Waals surface area contributed by atoms with Crippen LogP contribution in [-0.4, -0.2) is 0 Å². The van der Waals surface area contributed by atoms with E-state index in [9.17, 15) is 13.2 Å². The standard InChI is InChI=1S/C14H14F3NS/c1-8(2)12-11(18)10(9-6-4-3-5-7-9)13(19-12)14(15,16)17/h3-8H,18H2,1-2H3. The van der Waals surface area contributed by atoms with Crippen molar-refractivity contribution in [2.75, 3.05) is 5.73 Å². The fourth-order valence-corrected chi connectivity index (χ4v) is 3.09. The van der Waals surface area contributed by atoms with E-state index in [4.69, 9.17) is 5.73 Å². The number of benzene rings is 1. The van der Waals surface area contributed by atoms with E-state index in [2.05, 4.69) is 0 Å². The van der Waals surface area contributed by atoms with Gasteiger partial charge in [-0.3, -0.25) is 0 Å². The van der Waals surface area contributed by atoms with Crippen molar-refractivity contribution < 1.29 is 13.2 Å². The quantitative estimate of drug-likeness (QED) is 0.812. The number of thiophene rings is 1. The fourth-order valence-electron chi connectivity index (χ4n) is 1.98. The molecule has 1 heterocycles. The lowest BCUT2D eigenvalue weighted by molar-refractivity contribution is -0.133. The van der Waals surface area contributed by atoms with Gasteiger partial charge >= 0.3 is 6.18 Å². The predicted octanol–water partition coefficient (Wildman–Crippen LogP) is 5.14. The SMILES string of the molecule is CC(C)c1sc(C(F)(F)F)c(-c2ccccc2)c1N. The summed E-state index contributed by atoms with van der Waals surface area (Å²) in [5.41, 5.74) is 6.82. The van der Waals surface area contributed by atoms with Crippen LogP contribution in [0.4, 0.5) is 18.9 Å². The molecule has 0 aliphatic heterocycles. The lowest BCUT2D eigenvalue weighted by Crippen LogP contribution is -2.04. The van der Waals surface area contributed by atoms with Gasteiger partial charge in [-0.05, 0) is 11.5 Å². The minimum absolute atomic E-state index is 0.0245. The number of nitrogens with two attached hydrogens (primary N) is 1. The normalized spacial score (nSPS) is 12.1. The van der Waals surface area contributed by atoms with E-state index in [1.165, 1.54) is 0 Å². The van der Waals surface area contributed by atoms with Gasteiger partial charge in [-0.15, -0.1) is 11.3 Å². The van der Waals surface area contributed by atoms with Crippen LogP contribution >= 0.6 is 11.3 Å². The van der Waals surface area contributed by atoms with Crippen molar-refractivity contribution in [3.8, 4) is 11.1 Å². The average Bonchev–Trinajstić information content (AvgIpc) is 2.68. The van der Waals surface area contributed by atoms with E-state index in [1.54, 1.807) is 30.3 Å². The van der Waals surface area contributed by atoms with Crippen molar-refractivity contribution in [2.24, 2.45) is 0 Å². The van der Waals surface area contributed by atoms with E-state index < -0.39 is 11.1 Å². The van der Waals surface area contributed by atoms with Crippen molar-refractivity contribution in [1.29, 1.82) is 0 Å². The van der Waals surface area contributed by atoms with Crippen LogP contribution in [0.1, 0.15) is 29.5 Å². The largest absolute Gasteiger partial charge is 0.426 e. The lowest BCUT2D eigenvalue weighted by atomic mass is 10.0. The molecular formula is C14H14F3NS. The second-order valence-electron chi connectivity index (χ2n) is 4.60. The molecule has 0 bridgehead atoms. The smallest absolute Gasteiger partial charge is 0.397 e. The van der Waals surface area contributed by atoms with Gasteiger partial charge in [0.1, 0.15) is 4.88 Å². The molecule has 1 aromatic heterocycles. The molecule has 0 aliphatic carbocycles. The van der Waals surface area contributed by atoms with Crippen molar-refractivity contribution >= 4 is 17.0 Å². The van der Waals surface area contributed by atoms with Crippen LogP contribution in [0.25, 0.3) is 11.1 Å². The van der Waals surface area contributed by atoms with Crippen LogP contribution in [0.5, 0.6) is 0 Å². The highest BCUT2D eigenvalue weighted by Crippen LogP contribution is 2.49. The zero-order valence-corrected chi connectivity index (χ0v) is 11.4. The van der Waals surface area contributed by atoms with Crippen LogP contribution < -0.4 is 5.73 Å². The first-order valence-corrected chi connectivity index (χ1v) is 6.68. The molecule has 2 rings (SSSR count). The summed E-state index contributed by atoms with van der Waals surface area (Å²) in [7, 11) is 0. The molecule has 0 fully saturated rings. The summed E-state index contributed by atoms with van der Waals surface area (Å²) >= 11 is 0.746. The van der Waals surface area contributed by atoms with Gasteiger partial charge in [-0.2, -0.15) is 13.2 Å². The topological polar surface area (TPSA) is 26.0 Å². The second kappa shape index (κ2) is 4.89. The van der Waals surface area contributed by atoms with E-state index in [0.29, 0.717) is 10.4 Å². The fraction of sp³-hybridized carbons (Fsp3) is 0.286. The Morgan fingerprint density at radius 3 is 2.16 bits per heavy atom. The van der Waals surface area contributed by atoms with Gasteiger partial charge < -0.3 is 5.73 Å². The van der Waals surface area contributed by atoms with Gasteiger partial charge in [-0.1, -0.05) is 44.2 Å². The number of rotatable bonds is 2. The van der Waals surface area contributed by atoms with Crippen LogP contribution in [0.2, 0.25) is 0 Å². The maximum Gasteiger partial charge on any atom is 0.426 e. The summed E-state index contributed by atoms with van der Waals surface area (Å²) in [6, 6.07) is 8.49. The van der Waals surface area contributed by atoms with E-state index in [-0.39, 0.29) is 17.2 Å². The number of nitrogen functional groups attached to an aromatic ring is 1. The minimum Gasteiger partial charge on any atom is -0.397 e. The molecule has 5 heteroatoms. The average molecular weight is 285 g/mol. The summed E-state index contributed by atoms with van der Waals surface area (Å²) in [6.07, 6.45) is -4.38. The molecule has 2 N–H and O–H groups in total. The summed E-state index contributed by atoms with van der Waals surface area (Å²) in [5.74, 6) is -0.0245. The zero-order valence-electron chi connectivity index (χ0n) is 10.6. The molecule has 0 atom stereocenters. The zero-order chi connectivity index (χ0) is 14.2. The first-order chi connectivity index (χ1) is 8.82. The highest BCUT2D eigenvalue weighted by Gasteiger charge is 2.38. The Balaban J connectivity index is 2.71. The molecule has 0 saturated carbocycles. The predicted molar refractivity (Wildman–Crippen MR) is 73.3 cm³/mol. The summed E-state index contributed by atoms with van der Waals surface area (Å²) in [4.78, 5) is -0.0221. The Hall–Kier alpha value is -1.49. The van der Waals surface area contributed by atoms with E-state index in [1.807, 2.05) is 13.8 Å². The molecular weight excluding hydrogens is 271 g/mol. The van der Waals surface area contributed by atoms with Gasteiger partial charge in [0.15, 0.2) is 0 Å². The first kappa shape index (κ1) is 13.9. The molecule has 0 unspecified atom stereocenters. The molecule has 2 aromatic rings. The van der Waals surface area contributed by atoms with Crippen LogP contribution in [0, 0.1) is 0 Å². The lowest BCUT2D eigenvalue weighted by Gasteiger charge is -2.08. The maximum atomic E-state index is 13.1. The van der Waals surface area contributed by atoms with Crippen molar-refractivity contribution in [3.63, 3.8) is 0 Å². The highest BCUT2D eigenvalue weighted by molar-refractivity contribution is 7.13. The van der Waals surface area contributed by atoms with Crippen molar-refractivity contribution in [2.45, 2.75) is 25.9 Å². The summed E-state index contributed by atoms with van der Waals surface area (Å²) in [6.45, 7) is 3.69. The third-order valence-electron chi connectivity index (χ3n) is 2.82. The molecule has 0 aliphatic rings. The van der Waals surface area contributed by atoms with Crippen molar-refractivity contribution in [3.05, 3.63) is 40.1 Å². The van der Waals surface area contributed by atoms with Gasteiger partial charge in [0.2, 0.25) is 0 Å². The molecule has 0 amide bonds. The number of anilines is 1. The Labute approximate surface area is 113 Å². The van der Waals surface area contributed by atoms with Crippen LogP contribution in [0.3, 0.4) is 0 Å². The number of alkyl halides is 3. The third kappa shape index (κ3) is 2.61. The molecule has 0 radical (unpaired) electrons. The van der Waals surface area contributed by atoms with E-state index in [0.717, 1.165) is 11.3 Å². The van der Waals surface area contributed by atoms with Gasteiger partial charge in [0.05, 0.1) is 5.69 Å². The van der Waals surface area contributed by atoms with Crippen LogP contribution in [0.15, 0.2) is 30.3 Å². The molecule has 1 aromatic carbocycles. The Morgan fingerprint density at radius 2 is 1.68 bits per heavy atom. The Morgan fingerprint density at radius 1 is 1.11 bits per heavy atom. The Kier molecular flexibility index (Phi) is 3.58. The van der Waals surface area contributed by atoms with Gasteiger partial charge in [0, 0.05) is 10.4 Å². The number of halogens is 3. The number of hydrogen-bond acceptors (Lipinski definition) is 2. The molecule has 102 valence electrons. The second-order valence-corrected chi connectivity index (χ2v) is 5.65. The summed E-state index contributed by atoms with van der Waals surface area (Å²) in [5, 5.41) is 0. The van der Waals surface area contributed by atoms with E-state index >= 15 is 0 Å². The monoisotopic (exact) mass is 285 g/mol. The number of hydrogen-bond donors (Lipinski definition) is 1. The Bertz CT molecular complexity index is 570. The third-order valence-corrected chi connectivity index (χ3v) is 4.37. The van der Waals surface area contributed by atoms with Crippen LogP contribution in [-0.2, 0) is 6.18 Å². The van der Waals surface area contributed by atoms with Crippen molar-refractivity contribution in [1.82, 2.24) is 0 Å². The molecule has 19 heavy (non-hydrogen) atoms.